The summed E-state index contributed by atoms with van der Waals surface area (Å²) in [4.78, 5) is 38.2. The first kappa shape index (κ1) is 72.6. The lowest BCUT2D eigenvalue weighted by Gasteiger charge is -2.18. The van der Waals surface area contributed by atoms with Crippen molar-refractivity contribution in [3.05, 3.63) is 36.5 Å². The van der Waals surface area contributed by atoms with Crippen LogP contribution in [0.2, 0.25) is 0 Å². The number of unbranched alkanes of at least 4 members (excludes halogenated alkanes) is 45. The summed E-state index contributed by atoms with van der Waals surface area (Å²) < 4.78 is 16.9. The fourth-order valence-corrected chi connectivity index (χ4v) is 10.0. The highest BCUT2D eigenvalue weighted by molar-refractivity contribution is 5.71. The number of rotatable bonds is 62. The molecule has 6 nitrogen and oxygen atoms in total. The van der Waals surface area contributed by atoms with Gasteiger partial charge in [0, 0.05) is 19.3 Å². The van der Waals surface area contributed by atoms with Crippen LogP contribution in [0.3, 0.4) is 0 Å². The molecule has 0 heterocycles. The molecule has 75 heavy (non-hydrogen) atoms. The second-order valence-corrected chi connectivity index (χ2v) is 22.7. The Hall–Kier alpha value is -2.37. The molecule has 1 atom stereocenters. The standard InChI is InChI=1S/C69H128O6/c1-4-7-10-13-16-19-22-24-26-28-29-30-31-32-33-34-35-36-37-38-39-41-42-44-47-50-53-56-59-62-68(71)74-65-66(64-73-67(70)61-58-55-52-49-46-21-18-15-12-9-6-3)75-69(72)63-60-57-54-51-48-45-43-40-27-25-23-20-17-14-11-8-5-2/h15,17-18,20,25,27,66H,4-14,16,19,21-24,26,28-65H2,1-3H3/b18-15-,20-17-,27-25-. The summed E-state index contributed by atoms with van der Waals surface area (Å²) in [6.45, 7) is 6.62. The Labute approximate surface area is 467 Å². The van der Waals surface area contributed by atoms with E-state index in [1.54, 1.807) is 0 Å². The number of hydrogen-bond acceptors (Lipinski definition) is 6. The van der Waals surface area contributed by atoms with Crippen molar-refractivity contribution in [1.29, 1.82) is 0 Å². The van der Waals surface area contributed by atoms with Crippen molar-refractivity contribution in [1.82, 2.24) is 0 Å². The molecule has 0 rings (SSSR count). The van der Waals surface area contributed by atoms with Gasteiger partial charge in [-0.15, -0.1) is 0 Å². The Kier molecular flexibility index (Phi) is 62.1. The molecule has 6 heteroatoms. The first-order valence-corrected chi connectivity index (χ1v) is 33.5. The van der Waals surface area contributed by atoms with Crippen LogP contribution < -0.4 is 0 Å². The summed E-state index contributed by atoms with van der Waals surface area (Å²) in [6, 6.07) is 0. The quantitative estimate of drug-likeness (QED) is 0.0261. The van der Waals surface area contributed by atoms with Gasteiger partial charge < -0.3 is 14.2 Å². The van der Waals surface area contributed by atoms with Gasteiger partial charge >= 0.3 is 17.9 Å². The molecule has 0 spiro atoms. The van der Waals surface area contributed by atoms with Crippen LogP contribution in [0, 0.1) is 0 Å². The van der Waals surface area contributed by atoms with Gasteiger partial charge in [-0.25, -0.2) is 0 Å². The Bertz CT molecular complexity index is 1250. The van der Waals surface area contributed by atoms with Crippen LogP contribution in [-0.4, -0.2) is 37.2 Å². The number of ether oxygens (including phenoxy) is 3. The Morgan fingerprint density at radius 1 is 0.267 bits per heavy atom. The predicted octanol–water partition coefficient (Wildman–Crippen LogP) is 22.8. The topological polar surface area (TPSA) is 78.9 Å². The van der Waals surface area contributed by atoms with Crippen LogP contribution in [0.4, 0.5) is 0 Å². The van der Waals surface area contributed by atoms with Crippen LogP contribution in [0.1, 0.15) is 367 Å². The van der Waals surface area contributed by atoms with Crippen LogP contribution in [0.15, 0.2) is 36.5 Å². The number of hydrogen-bond donors (Lipinski definition) is 0. The van der Waals surface area contributed by atoms with Crippen molar-refractivity contribution >= 4 is 17.9 Å². The zero-order valence-corrected chi connectivity index (χ0v) is 50.6. The van der Waals surface area contributed by atoms with E-state index in [4.69, 9.17) is 14.2 Å². The van der Waals surface area contributed by atoms with Crippen molar-refractivity contribution in [2.24, 2.45) is 0 Å². The summed E-state index contributed by atoms with van der Waals surface area (Å²) in [5.41, 5.74) is 0. The van der Waals surface area contributed by atoms with Crippen LogP contribution in [0.5, 0.6) is 0 Å². The molecular weight excluding hydrogens is 925 g/mol. The second kappa shape index (κ2) is 64.2. The van der Waals surface area contributed by atoms with Crippen molar-refractivity contribution in [2.75, 3.05) is 13.2 Å². The average molecular weight is 1050 g/mol. The maximum Gasteiger partial charge on any atom is 0.306 e. The lowest BCUT2D eigenvalue weighted by molar-refractivity contribution is -0.167. The van der Waals surface area contributed by atoms with Gasteiger partial charge in [-0.2, -0.15) is 0 Å². The minimum absolute atomic E-state index is 0.0742. The van der Waals surface area contributed by atoms with E-state index in [1.165, 1.54) is 250 Å². The van der Waals surface area contributed by atoms with Gasteiger partial charge in [-0.3, -0.25) is 14.4 Å². The molecule has 0 aromatic carbocycles. The summed E-state index contributed by atoms with van der Waals surface area (Å²) >= 11 is 0. The monoisotopic (exact) mass is 1050 g/mol. The molecule has 0 saturated carbocycles. The van der Waals surface area contributed by atoms with Gasteiger partial charge in [0.25, 0.3) is 0 Å². The van der Waals surface area contributed by atoms with E-state index >= 15 is 0 Å². The molecule has 0 aliphatic carbocycles. The van der Waals surface area contributed by atoms with Crippen LogP contribution >= 0.6 is 0 Å². The van der Waals surface area contributed by atoms with Crippen molar-refractivity contribution < 1.29 is 28.6 Å². The Balaban J connectivity index is 4.13. The zero-order valence-electron chi connectivity index (χ0n) is 50.6. The number of carbonyl (C=O) groups excluding carboxylic acids is 3. The molecule has 0 bridgehead atoms. The summed E-state index contributed by atoms with van der Waals surface area (Å²) in [5, 5.41) is 0. The summed E-state index contributed by atoms with van der Waals surface area (Å²) in [7, 11) is 0. The number of allylic oxidation sites excluding steroid dienone is 6. The first-order chi connectivity index (χ1) is 37.0. The minimum atomic E-state index is -0.778. The Morgan fingerprint density at radius 3 is 0.813 bits per heavy atom. The maximum atomic E-state index is 12.9. The molecule has 0 aromatic heterocycles. The van der Waals surface area contributed by atoms with E-state index in [2.05, 4.69) is 57.2 Å². The molecular formula is C69H128O6. The molecule has 440 valence electrons. The largest absolute Gasteiger partial charge is 0.462 e. The molecule has 0 radical (unpaired) electrons. The predicted molar refractivity (Wildman–Crippen MR) is 326 cm³/mol. The number of esters is 3. The van der Waals surface area contributed by atoms with Crippen molar-refractivity contribution in [3.8, 4) is 0 Å². The highest BCUT2D eigenvalue weighted by Gasteiger charge is 2.19. The minimum Gasteiger partial charge on any atom is -0.462 e. The average Bonchev–Trinajstić information content (AvgIpc) is 3.41. The molecule has 0 aromatic rings. The molecule has 0 N–H and O–H groups in total. The third-order valence-corrected chi connectivity index (χ3v) is 15.1. The van der Waals surface area contributed by atoms with E-state index in [0.29, 0.717) is 19.3 Å². The van der Waals surface area contributed by atoms with E-state index in [0.717, 1.165) is 77.0 Å². The summed E-state index contributed by atoms with van der Waals surface area (Å²) in [5.74, 6) is -0.871. The SMILES string of the molecule is CCCC/C=C\CCCCCCCC(=O)OCC(COC(=O)CCCCCCCCCCCCCCCCCCCCCCCCCCCCCCC)OC(=O)CCCCCCCCC/C=C\C/C=C\CCCCC. The normalized spacial score (nSPS) is 12.2. The van der Waals surface area contributed by atoms with Crippen molar-refractivity contribution in [3.63, 3.8) is 0 Å². The van der Waals surface area contributed by atoms with Crippen molar-refractivity contribution in [2.45, 2.75) is 374 Å². The van der Waals surface area contributed by atoms with Crippen LogP contribution in [-0.2, 0) is 28.6 Å². The molecule has 1 unspecified atom stereocenters. The second-order valence-electron chi connectivity index (χ2n) is 22.7. The van der Waals surface area contributed by atoms with E-state index in [-0.39, 0.29) is 31.1 Å². The maximum absolute atomic E-state index is 12.9. The van der Waals surface area contributed by atoms with E-state index in [9.17, 15) is 14.4 Å². The fourth-order valence-electron chi connectivity index (χ4n) is 10.0. The van der Waals surface area contributed by atoms with Gasteiger partial charge in [-0.1, -0.05) is 314 Å². The Morgan fingerprint density at radius 2 is 0.493 bits per heavy atom. The third kappa shape index (κ3) is 62.4. The van der Waals surface area contributed by atoms with Gasteiger partial charge in [0.2, 0.25) is 0 Å². The van der Waals surface area contributed by atoms with Gasteiger partial charge in [0.1, 0.15) is 13.2 Å². The van der Waals surface area contributed by atoms with E-state index in [1.807, 2.05) is 0 Å². The zero-order chi connectivity index (χ0) is 54.3. The summed E-state index contributed by atoms with van der Waals surface area (Å²) in [6.07, 6.45) is 78.9. The lowest BCUT2D eigenvalue weighted by Crippen LogP contribution is -2.30. The molecule has 0 aliphatic rings. The van der Waals surface area contributed by atoms with Gasteiger partial charge in [-0.05, 0) is 70.6 Å². The molecule has 0 saturated heterocycles. The number of carbonyl (C=O) groups is 3. The van der Waals surface area contributed by atoms with E-state index < -0.39 is 6.10 Å². The smallest absolute Gasteiger partial charge is 0.306 e. The van der Waals surface area contributed by atoms with Gasteiger partial charge in [0.05, 0.1) is 0 Å². The highest BCUT2D eigenvalue weighted by atomic mass is 16.6. The molecule has 0 amide bonds. The molecule has 0 aliphatic heterocycles. The fraction of sp³-hybridized carbons (Fsp3) is 0.870. The third-order valence-electron chi connectivity index (χ3n) is 15.1. The van der Waals surface area contributed by atoms with Crippen LogP contribution in [0.25, 0.3) is 0 Å². The molecule has 0 fully saturated rings. The lowest BCUT2D eigenvalue weighted by atomic mass is 10.0. The highest BCUT2D eigenvalue weighted by Crippen LogP contribution is 2.18. The van der Waals surface area contributed by atoms with Gasteiger partial charge in [0.15, 0.2) is 6.10 Å². The first-order valence-electron chi connectivity index (χ1n) is 33.5.